The molecule has 84 valence electrons. The van der Waals surface area contributed by atoms with Crippen LogP contribution in [0.25, 0.3) is 11.3 Å². The average molecular weight is 259 g/mol. The quantitative estimate of drug-likeness (QED) is 0.918. The molecule has 0 amide bonds. The van der Waals surface area contributed by atoms with E-state index in [2.05, 4.69) is 4.98 Å². The van der Waals surface area contributed by atoms with Gasteiger partial charge in [0, 0.05) is 16.0 Å². The van der Waals surface area contributed by atoms with Crippen molar-refractivity contribution in [2.24, 2.45) is 0 Å². The van der Waals surface area contributed by atoms with Crippen LogP contribution in [0.4, 0.5) is 9.52 Å². The molecule has 0 saturated heterocycles. The molecule has 1 heterocycles. The maximum Gasteiger partial charge on any atom is 0.228 e. The largest absolute Gasteiger partial charge is 0.463 e. The van der Waals surface area contributed by atoms with E-state index in [4.69, 9.17) is 22.1 Å². The van der Waals surface area contributed by atoms with Crippen LogP contribution in [0.5, 0.6) is 5.75 Å². The number of alkyl halides is 1. The minimum absolute atomic E-state index is 0.372. The van der Waals surface area contributed by atoms with E-state index in [1.165, 1.54) is 11.3 Å². The highest BCUT2D eigenvalue weighted by Gasteiger charge is 2.06. The zero-order chi connectivity index (χ0) is 11.5. The van der Waals surface area contributed by atoms with Gasteiger partial charge in [-0.15, -0.1) is 11.3 Å². The van der Waals surface area contributed by atoms with E-state index in [1.54, 1.807) is 23.6 Å². The number of halogens is 2. The number of benzene rings is 1. The minimum atomic E-state index is -0.890. The molecule has 2 rings (SSSR count). The van der Waals surface area contributed by atoms with Crippen molar-refractivity contribution in [2.75, 3.05) is 12.6 Å². The van der Waals surface area contributed by atoms with Gasteiger partial charge in [-0.05, 0) is 18.2 Å². The van der Waals surface area contributed by atoms with Crippen LogP contribution in [0.1, 0.15) is 0 Å². The summed E-state index contributed by atoms with van der Waals surface area (Å²) >= 11 is 7.22. The van der Waals surface area contributed by atoms with Crippen LogP contribution < -0.4 is 10.5 Å². The molecule has 0 aliphatic rings. The van der Waals surface area contributed by atoms with Crippen molar-refractivity contribution in [3.05, 3.63) is 28.6 Å². The molecule has 0 aliphatic heterocycles. The monoisotopic (exact) mass is 258 g/mol. The number of thiazole rings is 1. The van der Waals surface area contributed by atoms with Crippen LogP contribution in [0.3, 0.4) is 0 Å². The summed E-state index contributed by atoms with van der Waals surface area (Å²) in [5.41, 5.74) is 6.99. The van der Waals surface area contributed by atoms with E-state index < -0.39 is 6.86 Å². The van der Waals surface area contributed by atoms with Crippen LogP contribution in [-0.4, -0.2) is 11.8 Å². The van der Waals surface area contributed by atoms with Crippen molar-refractivity contribution in [1.29, 1.82) is 0 Å². The molecule has 2 N–H and O–H groups in total. The molecule has 2 aromatic rings. The molecule has 6 heteroatoms. The Morgan fingerprint density at radius 3 is 2.88 bits per heavy atom. The van der Waals surface area contributed by atoms with Gasteiger partial charge in [0.15, 0.2) is 5.13 Å². The number of hydrogen-bond acceptors (Lipinski definition) is 4. The first-order valence-corrected chi connectivity index (χ1v) is 5.65. The van der Waals surface area contributed by atoms with Crippen molar-refractivity contribution >= 4 is 28.1 Å². The van der Waals surface area contributed by atoms with Gasteiger partial charge in [0.2, 0.25) is 6.86 Å². The molecule has 0 spiro atoms. The number of nitrogens with zero attached hydrogens (tertiary/aromatic N) is 1. The van der Waals surface area contributed by atoms with Crippen LogP contribution >= 0.6 is 22.9 Å². The average Bonchev–Trinajstić information content (AvgIpc) is 2.64. The van der Waals surface area contributed by atoms with Crippen molar-refractivity contribution < 1.29 is 9.13 Å². The Balaban J connectivity index is 2.40. The molecule has 0 fully saturated rings. The number of aromatic nitrogens is 1. The predicted octanol–water partition coefficient (Wildman–Crippen LogP) is 3.35. The highest BCUT2D eigenvalue weighted by molar-refractivity contribution is 7.13. The number of ether oxygens (including phenoxy) is 1. The summed E-state index contributed by atoms with van der Waals surface area (Å²) in [5.74, 6) is 0.372. The van der Waals surface area contributed by atoms with Crippen molar-refractivity contribution in [3.63, 3.8) is 0 Å². The Morgan fingerprint density at radius 2 is 2.25 bits per heavy atom. The molecule has 1 aromatic heterocycles. The second-order valence-corrected chi connectivity index (χ2v) is 4.33. The van der Waals surface area contributed by atoms with Gasteiger partial charge in [0.05, 0.1) is 5.69 Å². The van der Waals surface area contributed by atoms with Crippen LogP contribution in [0.15, 0.2) is 23.6 Å². The summed E-state index contributed by atoms with van der Waals surface area (Å²) in [6.07, 6.45) is 0. The SMILES string of the molecule is Nc1nc(-c2cc(Cl)cc(OCF)c2)cs1. The summed E-state index contributed by atoms with van der Waals surface area (Å²) in [5, 5.41) is 2.75. The number of hydrogen-bond donors (Lipinski definition) is 1. The fourth-order valence-corrected chi connectivity index (χ4v) is 2.07. The smallest absolute Gasteiger partial charge is 0.228 e. The fourth-order valence-electron chi connectivity index (χ4n) is 1.28. The van der Waals surface area contributed by atoms with E-state index in [1.807, 2.05) is 0 Å². The van der Waals surface area contributed by atoms with E-state index in [9.17, 15) is 4.39 Å². The third-order valence-electron chi connectivity index (χ3n) is 1.91. The summed E-state index contributed by atoms with van der Waals surface area (Å²) in [6.45, 7) is -0.890. The summed E-state index contributed by atoms with van der Waals surface area (Å²) in [4.78, 5) is 4.11. The number of nitrogens with two attached hydrogens (primary N) is 1. The molecule has 3 nitrogen and oxygen atoms in total. The lowest BCUT2D eigenvalue weighted by molar-refractivity contribution is 0.192. The Hall–Kier alpha value is -1.33. The van der Waals surface area contributed by atoms with Crippen LogP contribution in [-0.2, 0) is 0 Å². The molecule has 0 saturated carbocycles. The molecule has 16 heavy (non-hydrogen) atoms. The van der Waals surface area contributed by atoms with Gasteiger partial charge in [-0.3, -0.25) is 0 Å². The van der Waals surface area contributed by atoms with Gasteiger partial charge in [0.1, 0.15) is 5.75 Å². The van der Waals surface area contributed by atoms with Crippen LogP contribution in [0, 0.1) is 0 Å². The lowest BCUT2D eigenvalue weighted by Crippen LogP contribution is -1.91. The zero-order valence-corrected chi connectivity index (χ0v) is 9.69. The Labute approximate surface area is 101 Å². The maximum absolute atomic E-state index is 12.0. The molecule has 0 aliphatic carbocycles. The second kappa shape index (κ2) is 4.67. The normalized spacial score (nSPS) is 10.4. The van der Waals surface area contributed by atoms with Crippen molar-refractivity contribution in [1.82, 2.24) is 4.98 Å². The molecule has 0 atom stereocenters. The third-order valence-corrected chi connectivity index (χ3v) is 2.80. The van der Waals surface area contributed by atoms with Crippen LogP contribution in [0.2, 0.25) is 5.02 Å². The fraction of sp³-hybridized carbons (Fsp3) is 0.100. The Kier molecular flexibility index (Phi) is 3.26. The maximum atomic E-state index is 12.0. The van der Waals surface area contributed by atoms with Crippen molar-refractivity contribution in [2.45, 2.75) is 0 Å². The molecule has 0 unspecified atom stereocenters. The summed E-state index contributed by atoms with van der Waals surface area (Å²) < 4.78 is 16.8. The summed E-state index contributed by atoms with van der Waals surface area (Å²) in [6, 6.07) is 4.93. The Morgan fingerprint density at radius 1 is 1.44 bits per heavy atom. The molecular formula is C10H8ClFN2OS. The van der Waals surface area contributed by atoms with Gasteiger partial charge in [-0.25, -0.2) is 9.37 Å². The second-order valence-electron chi connectivity index (χ2n) is 3.00. The lowest BCUT2D eigenvalue weighted by atomic mass is 10.1. The summed E-state index contributed by atoms with van der Waals surface area (Å²) in [7, 11) is 0. The first kappa shape index (κ1) is 11.2. The molecule has 0 bridgehead atoms. The zero-order valence-electron chi connectivity index (χ0n) is 8.11. The first-order valence-electron chi connectivity index (χ1n) is 4.40. The number of anilines is 1. The van der Waals surface area contributed by atoms with E-state index in [0.29, 0.717) is 21.6 Å². The Bertz CT molecular complexity index is 503. The number of nitrogen functional groups attached to an aromatic ring is 1. The lowest BCUT2D eigenvalue weighted by Gasteiger charge is -2.04. The molecule has 0 radical (unpaired) electrons. The van der Waals surface area contributed by atoms with E-state index in [0.717, 1.165) is 5.56 Å². The predicted molar refractivity (Wildman–Crippen MR) is 63.6 cm³/mol. The van der Waals surface area contributed by atoms with Gasteiger partial charge >= 0.3 is 0 Å². The molecule has 1 aromatic carbocycles. The van der Waals surface area contributed by atoms with Gasteiger partial charge in [-0.2, -0.15) is 0 Å². The standard InChI is InChI=1S/C10H8ClFN2OS/c11-7-1-6(2-8(3-7)15-5-12)9-4-16-10(13)14-9/h1-4H,5H2,(H2,13,14). The first-order chi connectivity index (χ1) is 7.69. The highest BCUT2D eigenvalue weighted by atomic mass is 35.5. The van der Waals surface area contributed by atoms with Gasteiger partial charge < -0.3 is 10.5 Å². The van der Waals surface area contributed by atoms with E-state index in [-0.39, 0.29) is 0 Å². The van der Waals surface area contributed by atoms with Gasteiger partial charge in [0.25, 0.3) is 0 Å². The van der Waals surface area contributed by atoms with Crippen molar-refractivity contribution in [3.8, 4) is 17.0 Å². The third kappa shape index (κ3) is 2.43. The van der Waals surface area contributed by atoms with E-state index >= 15 is 0 Å². The minimum Gasteiger partial charge on any atom is -0.463 e. The van der Waals surface area contributed by atoms with Gasteiger partial charge in [-0.1, -0.05) is 11.6 Å². The highest BCUT2D eigenvalue weighted by Crippen LogP contribution is 2.29. The number of rotatable bonds is 3. The molecular weight excluding hydrogens is 251 g/mol. The topological polar surface area (TPSA) is 48.1 Å².